The predicted octanol–water partition coefficient (Wildman–Crippen LogP) is 1.06. The summed E-state index contributed by atoms with van der Waals surface area (Å²) in [6.45, 7) is -0.413. The third kappa shape index (κ3) is 7.69. The van der Waals surface area contributed by atoms with Gasteiger partial charge in [-0.25, -0.2) is 4.79 Å². The van der Waals surface area contributed by atoms with E-state index in [1.54, 1.807) is 23.0 Å². The van der Waals surface area contributed by atoms with Crippen LogP contribution in [0.3, 0.4) is 0 Å². The van der Waals surface area contributed by atoms with Gasteiger partial charge in [0.25, 0.3) is 5.91 Å². The van der Waals surface area contributed by atoms with Crippen LogP contribution in [0.5, 0.6) is 0 Å². The normalized spacial score (nSPS) is 12.5. The molecule has 0 aliphatic carbocycles. The number of hydrogen-bond acceptors (Lipinski definition) is 5. The number of aromatic nitrogens is 2. The number of carboxylic acid groups (broad SMARTS) is 3. The summed E-state index contributed by atoms with van der Waals surface area (Å²) in [5.74, 6) is -5.84. The number of carbonyl (C=O) groups is 5. The molecule has 2 rings (SSSR count). The number of benzene rings is 1. The molecule has 12 nitrogen and oxygen atoms in total. The van der Waals surface area contributed by atoms with Crippen molar-refractivity contribution in [2.45, 2.75) is 44.2 Å². The molecule has 190 valence electrons. The van der Waals surface area contributed by atoms with Gasteiger partial charge in [-0.1, -0.05) is 0 Å². The van der Waals surface area contributed by atoms with E-state index in [2.05, 4.69) is 10.4 Å². The van der Waals surface area contributed by atoms with Crippen molar-refractivity contribution in [3.05, 3.63) is 41.7 Å². The van der Waals surface area contributed by atoms with Crippen molar-refractivity contribution < 1.29 is 43.7 Å². The van der Waals surface area contributed by atoms with E-state index in [-0.39, 0.29) is 5.56 Å². The highest BCUT2D eigenvalue weighted by Gasteiger charge is 2.33. The number of hydrogen-bond donors (Lipinski definition) is 5. The van der Waals surface area contributed by atoms with Gasteiger partial charge in [-0.15, -0.1) is 0 Å². The average molecular weight is 494 g/mol. The minimum absolute atomic E-state index is 0.127. The molecule has 2 aromatic rings. The Morgan fingerprint density at radius 3 is 2.23 bits per heavy atom. The fraction of sp³-hybridized carbons (Fsp3) is 0.409. The van der Waals surface area contributed by atoms with Crippen LogP contribution >= 0.6 is 0 Å². The Bertz CT molecular complexity index is 1050. The lowest BCUT2D eigenvalue weighted by Crippen LogP contribution is -2.53. The summed E-state index contributed by atoms with van der Waals surface area (Å²) in [7, 11) is 1.11. The number of likely N-dealkylation sites (N-methyl/N-ethyl adjacent to an activating group) is 1. The molecule has 2 atom stereocenters. The van der Waals surface area contributed by atoms with E-state index in [9.17, 15) is 38.6 Å². The first-order valence-corrected chi connectivity index (χ1v) is 10.7. The van der Waals surface area contributed by atoms with Gasteiger partial charge >= 0.3 is 17.9 Å². The number of aromatic amines is 1. The van der Waals surface area contributed by atoms with Crippen LogP contribution in [0.25, 0.3) is 5.69 Å². The first-order chi connectivity index (χ1) is 16.5. The number of aryl methyl sites for hydroxylation is 1. The number of nitrogens with zero attached hydrogens (tertiary/aromatic N) is 2. The molecule has 0 saturated heterocycles. The lowest BCUT2D eigenvalue weighted by atomic mass is 10.1. The number of rotatable bonds is 14. The van der Waals surface area contributed by atoms with E-state index >= 15 is 0 Å². The second-order valence-corrected chi connectivity index (χ2v) is 7.84. The Morgan fingerprint density at radius 2 is 1.71 bits per heavy atom. The van der Waals surface area contributed by atoms with Crippen LogP contribution < -0.4 is 5.32 Å². The zero-order chi connectivity index (χ0) is 26.1. The first kappa shape index (κ1) is 27.1. The summed E-state index contributed by atoms with van der Waals surface area (Å²) in [6, 6.07) is 3.04. The zero-order valence-corrected chi connectivity index (χ0v) is 18.9. The molecular formula is C22H27FN4O8. The Hall–Kier alpha value is -4.16. The molecule has 0 fully saturated rings. The minimum Gasteiger partial charge on any atom is -0.481 e. The minimum atomic E-state index is -1.57. The molecule has 1 aromatic carbocycles. The molecule has 1 aromatic heterocycles. The molecular weight excluding hydrogens is 467 g/mol. The van der Waals surface area contributed by atoms with E-state index in [1.165, 1.54) is 12.1 Å². The van der Waals surface area contributed by atoms with E-state index in [4.69, 9.17) is 5.11 Å². The van der Waals surface area contributed by atoms with Gasteiger partial charge in [-0.2, -0.15) is 0 Å². The fourth-order valence-corrected chi connectivity index (χ4v) is 3.35. The molecule has 0 bridgehead atoms. The number of amides is 2. The quantitative estimate of drug-likeness (QED) is 0.258. The van der Waals surface area contributed by atoms with Crippen molar-refractivity contribution in [2.75, 3.05) is 13.7 Å². The number of aliphatic carboxylic acids is 3. The SMILES string of the molecule is CN(C(=O)C(CC(=O)O)NC(=O)c1ccc(-n2cc(CCCF)[nH]2)cc1)C(CCC(=O)O)C(=O)O. The maximum Gasteiger partial charge on any atom is 0.326 e. The lowest BCUT2D eigenvalue weighted by Gasteiger charge is -2.28. The predicted molar refractivity (Wildman–Crippen MR) is 119 cm³/mol. The second-order valence-electron chi connectivity index (χ2n) is 7.84. The molecule has 0 saturated carbocycles. The first-order valence-electron chi connectivity index (χ1n) is 10.7. The van der Waals surface area contributed by atoms with Crippen molar-refractivity contribution in [3.8, 4) is 5.69 Å². The summed E-state index contributed by atoms with van der Waals surface area (Å²) < 4.78 is 13.9. The summed E-state index contributed by atoms with van der Waals surface area (Å²) in [4.78, 5) is 59.8. The second kappa shape index (κ2) is 12.3. The van der Waals surface area contributed by atoms with Crippen LogP contribution in [0.4, 0.5) is 4.39 Å². The lowest BCUT2D eigenvalue weighted by molar-refractivity contribution is -0.151. The molecule has 1 heterocycles. The summed E-state index contributed by atoms with van der Waals surface area (Å²) in [6.07, 6.45) is 1.05. The summed E-state index contributed by atoms with van der Waals surface area (Å²) in [5, 5.41) is 32.7. The Balaban J connectivity index is 2.10. The molecule has 0 aliphatic rings. The number of H-pyrrole nitrogens is 1. The summed E-state index contributed by atoms with van der Waals surface area (Å²) in [5.41, 5.74) is 1.68. The molecule has 13 heteroatoms. The highest BCUT2D eigenvalue weighted by molar-refractivity contribution is 5.99. The Labute approximate surface area is 199 Å². The number of alkyl halides is 1. The highest BCUT2D eigenvalue weighted by atomic mass is 19.1. The third-order valence-electron chi connectivity index (χ3n) is 5.25. The van der Waals surface area contributed by atoms with Gasteiger partial charge in [0, 0.05) is 25.2 Å². The molecule has 0 radical (unpaired) electrons. The standard InChI is InChI=1S/C22H27FN4O8/c1-26(17(22(34)35)8-9-18(28)29)21(33)16(11-19(30)31)24-20(32)13-4-6-15(7-5-13)27-12-14(25-27)3-2-10-23/h4-7,12,16-17,25H,2-3,8-11H2,1H3,(H,24,32)(H,28,29)(H,30,31)(H,34,35). The van der Waals surface area contributed by atoms with Crippen LogP contribution in [-0.4, -0.2) is 85.5 Å². The summed E-state index contributed by atoms with van der Waals surface area (Å²) >= 11 is 0. The molecule has 2 amide bonds. The highest BCUT2D eigenvalue weighted by Crippen LogP contribution is 2.14. The van der Waals surface area contributed by atoms with E-state index in [0.717, 1.165) is 17.6 Å². The van der Waals surface area contributed by atoms with Crippen LogP contribution in [0.2, 0.25) is 0 Å². The maximum atomic E-state index is 12.8. The van der Waals surface area contributed by atoms with Gasteiger partial charge < -0.3 is 25.5 Å². The molecule has 2 unspecified atom stereocenters. The Morgan fingerprint density at radius 1 is 1.09 bits per heavy atom. The average Bonchev–Trinajstić information content (AvgIpc) is 2.76. The zero-order valence-electron chi connectivity index (χ0n) is 18.9. The topological polar surface area (TPSA) is 182 Å². The largest absolute Gasteiger partial charge is 0.481 e. The fourth-order valence-electron chi connectivity index (χ4n) is 3.35. The molecule has 5 N–H and O–H groups in total. The van der Waals surface area contributed by atoms with Crippen molar-refractivity contribution in [2.24, 2.45) is 0 Å². The Kier molecular flexibility index (Phi) is 9.55. The van der Waals surface area contributed by atoms with Crippen LogP contribution in [0.15, 0.2) is 30.5 Å². The molecule has 0 aliphatic heterocycles. The molecule has 35 heavy (non-hydrogen) atoms. The van der Waals surface area contributed by atoms with Crippen LogP contribution in [-0.2, 0) is 25.6 Å². The van der Waals surface area contributed by atoms with Crippen LogP contribution in [0, 0.1) is 0 Å². The van der Waals surface area contributed by atoms with Gasteiger partial charge in [-0.05, 0) is 43.5 Å². The van der Waals surface area contributed by atoms with Crippen molar-refractivity contribution >= 4 is 29.7 Å². The van der Waals surface area contributed by atoms with Crippen molar-refractivity contribution in [1.82, 2.24) is 20.0 Å². The number of halogens is 1. The third-order valence-corrected chi connectivity index (χ3v) is 5.25. The van der Waals surface area contributed by atoms with E-state index < -0.39 is 67.7 Å². The van der Waals surface area contributed by atoms with Gasteiger partial charge in [0.05, 0.1) is 24.5 Å². The van der Waals surface area contributed by atoms with E-state index in [0.29, 0.717) is 18.5 Å². The number of nitrogens with one attached hydrogen (secondary N) is 2. The van der Waals surface area contributed by atoms with Gasteiger partial charge in [-0.3, -0.25) is 33.3 Å². The van der Waals surface area contributed by atoms with Crippen molar-refractivity contribution in [1.29, 1.82) is 0 Å². The van der Waals surface area contributed by atoms with E-state index in [1.807, 2.05) is 0 Å². The number of carboxylic acids is 3. The van der Waals surface area contributed by atoms with Gasteiger partial charge in [0.15, 0.2) is 0 Å². The van der Waals surface area contributed by atoms with Gasteiger partial charge in [0.1, 0.15) is 12.1 Å². The monoisotopic (exact) mass is 494 g/mol. The van der Waals surface area contributed by atoms with Crippen molar-refractivity contribution in [3.63, 3.8) is 0 Å². The maximum absolute atomic E-state index is 12.8. The van der Waals surface area contributed by atoms with Crippen LogP contribution in [0.1, 0.15) is 41.7 Å². The number of carbonyl (C=O) groups excluding carboxylic acids is 2. The smallest absolute Gasteiger partial charge is 0.326 e. The van der Waals surface area contributed by atoms with Gasteiger partial charge in [0.2, 0.25) is 5.91 Å². The molecule has 0 spiro atoms.